The fourth-order valence-corrected chi connectivity index (χ4v) is 3.08. The predicted octanol–water partition coefficient (Wildman–Crippen LogP) is 5.76. The molecule has 0 saturated carbocycles. The maximum absolute atomic E-state index is 6.23. The highest BCUT2D eigenvalue weighted by Crippen LogP contribution is 2.25. The number of nitrogens with zero attached hydrogens (tertiary/aromatic N) is 2. The van der Waals surface area contributed by atoms with Crippen molar-refractivity contribution < 1.29 is 4.74 Å². The Morgan fingerprint density at radius 1 is 1.00 bits per heavy atom. The van der Waals surface area contributed by atoms with Gasteiger partial charge in [0.15, 0.2) is 0 Å². The van der Waals surface area contributed by atoms with Crippen LogP contribution in [0.4, 0.5) is 0 Å². The normalized spacial score (nSPS) is 10.8. The van der Waals surface area contributed by atoms with Crippen molar-refractivity contribution in [1.82, 2.24) is 9.55 Å². The van der Waals surface area contributed by atoms with Crippen molar-refractivity contribution in [1.29, 1.82) is 0 Å². The topological polar surface area (TPSA) is 27.1 Å². The number of ether oxygens (including phenoxy) is 1. The van der Waals surface area contributed by atoms with Crippen LogP contribution in [0, 0.1) is 0 Å². The number of imidazole rings is 1. The van der Waals surface area contributed by atoms with E-state index in [-0.39, 0.29) is 0 Å². The fourth-order valence-electron chi connectivity index (χ4n) is 2.45. The van der Waals surface area contributed by atoms with E-state index in [1.807, 2.05) is 47.2 Å². The Morgan fingerprint density at radius 2 is 1.71 bits per heavy atom. The number of hydrogen-bond acceptors (Lipinski definition) is 2. The first-order chi connectivity index (χ1) is 11.6. The average molecular weight is 382 g/mol. The molecule has 1 heterocycles. The molecule has 3 aromatic rings. The van der Waals surface area contributed by atoms with Gasteiger partial charge in [-0.15, -0.1) is 0 Å². The van der Waals surface area contributed by atoms with Gasteiger partial charge >= 0.3 is 0 Å². The molecule has 124 valence electrons. The monoisotopic (exact) mass is 380 g/mol. The second-order valence-corrected chi connectivity index (χ2v) is 6.58. The summed E-state index contributed by atoms with van der Waals surface area (Å²) in [4.78, 5) is 4.52. The largest absolute Gasteiger partial charge is 0.468 e. The van der Waals surface area contributed by atoms with Gasteiger partial charge in [-0.1, -0.05) is 53.0 Å². The molecule has 3 rings (SSSR count). The van der Waals surface area contributed by atoms with E-state index in [1.165, 1.54) is 0 Å². The number of benzene rings is 2. The van der Waals surface area contributed by atoms with Crippen LogP contribution in [0.2, 0.25) is 15.1 Å². The molecule has 0 radical (unpaired) electrons. The molecule has 0 aliphatic rings. The lowest BCUT2D eigenvalue weighted by atomic mass is 10.1. The smallest absolute Gasteiger partial charge is 0.296 e. The van der Waals surface area contributed by atoms with Gasteiger partial charge in [0.1, 0.15) is 0 Å². The van der Waals surface area contributed by atoms with Gasteiger partial charge in [-0.05, 0) is 36.2 Å². The lowest BCUT2D eigenvalue weighted by Crippen LogP contribution is -2.03. The summed E-state index contributed by atoms with van der Waals surface area (Å²) in [5, 5.41) is 2.00. The summed E-state index contributed by atoms with van der Waals surface area (Å²) < 4.78 is 7.35. The van der Waals surface area contributed by atoms with Crippen molar-refractivity contribution >= 4 is 34.8 Å². The summed E-state index contributed by atoms with van der Waals surface area (Å²) in [7, 11) is 1.61. The average Bonchev–Trinajstić information content (AvgIpc) is 2.98. The van der Waals surface area contributed by atoms with Gasteiger partial charge in [0.2, 0.25) is 0 Å². The van der Waals surface area contributed by atoms with Crippen LogP contribution in [0.25, 0.3) is 11.3 Å². The number of aryl methyl sites for hydroxylation is 2. The highest BCUT2D eigenvalue weighted by molar-refractivity contribution is 6.35. The van der Waals surface area contributed by atoms with Gasteiger partial charge in [-0.3, -0.25) is 0 Å². The Labute approximate surface area is 155 Å². The summed E-state index contributed by atoms with van der Waals surface area (Å²) in [5.41, 5.74) is 2.86. The zero-order chi connectivity index (χ0) is 17.1. The van der Waals surface area contributed by atoms with Crippen molar-refractivity contribution in [2.45, 2.75) is 13.0 Å². The molecule has 0 bridgehead atoms. The second kappa shape index (κ2) is 7.47. The molecule has 0 spiro atoms. The summed E-state index contributed by atoms with van der Waals surface area (Å²) >= 11 is 18.1. The van der Waals surface area contributed by atoms with E-state index in [0.717, 1.165) is 23.2 Å². The van der Waals surface area contributed by atoms with E-state index in [4.69, 9.17) is 39.5 Å². The lowest BCUT2D eigenvalue weighted by Gasteiger charge is -2.07. The quantitative estimate of drug-likeness (QED) is 0.561. The Balaban J connectivity index is 1.81. The molecular weight excluding hydrogens is 367 g/mol. The minimum atomic E-state index is 0.560. The number of hydrogen-bond donors (Lipinski definition) is 0. The van der Waals surface area contributed by atoms with Gasteiger partial charge in [0, 0.05) is 33.4 Å². The van der Waals surface area contributed by atoms with Gasteiger partial charge in [-0.25, -0.2) is 0 Å². The van der Waals surface area contributed by atoms with Crippen molar-refractivity contribution in [3.05, 3.63) is 69.3 Å². The Kier molecular flexibility index (Phi) is 5.34. The standard InChI is InChI=1S/C18H15Cl3N2O/c1-24-18-22-17(13-3-5-14(19)6-4-13)11-23(18)9-8-12-2-7-15(20)10-16(12)21/h2-7,10-11H,8-9H2,1H3. The molecule has 3 nitrogen and oxygen atoms in total. The third-order valence-electron chi connectivity index (χ3n) is 3.70. The maximum atomic E-state index is 6.23. The minimum absolute atomic E-state index is 0.560. The van der Waals surface area contributed by atoms with Crippen LogP contribution in [0.5, 0.6) is 6.01 Å². The third kappa shape index (κ3) is 3.86. The van der Waals surface area contributed by atoms with Crippen molar-refractivity contribution in [3.8, 4) is 17.3 Å². The highest BCUT2D eigenvalue weighted by Gasteiger charge is 2.11. The van der Waals surface area contributed by atoms with Crippen LogP contribution < -0.4 is 4.74 Å². The molecule has 0 unspecified atom stereocenters. The van der Waals surface area contributed by atoms with Crippen LogP contribution in [-0.4, -0.2) is 16.7 Å². The SMILES string of the molecule is COc1nc(-c2ccc(Cl)cc2)cn1CCc1ccc(Cl)cc1Cl. The first-order valence-electron chi connectivity index (χ1n) is 7.38. The van der Waals surface area contributed by atoms with Crippen LogP contribution in [0.1, 0.15) is 5.56 Å². The Hall–Kier alpha value is -1.68. The summed E-state index contributed by atoms with van der Waals surface area (Å²) in [6.07, 6.45) is 2.72. The molecule has 0 amide bonds. The van der Waals surface area contributed by atoms with Gasteiger partial charge < -0.3 is 9.30 Å². The number of methoxy groups -OCH3 is 1. The van der Waals surface area contributed by atoms with Crippen molar-refractivity contribution in [3.63, 3.8) is 0 Å². The van der Waals surface area contributed by atoms with E-state index >= 15 is 0 Å². The molecule has 0 atom stereocenters. The van der Waals surface area contributed by atoms with E-state index < -0.39 is 0 Å². The summed E-state index contributed by atoms with van der Waals surface area (Å²) in [6.45, 7) is 0.700. The lowest BCUT2D eigenvalue weighted by molar-refractivity contribution is 0.357. The summed E-state index contributed by atoms with van der Waals surface area (Å²) in [5.74, 6) is 0. The molecule has 0 aliphatic carbocycles. The van der Waals surface area contributed by atoms with Gasteiger partial charge in [-0.2, -0.15) is 4.98 Å². The molecule has 2 aromatic carbocycles. The zero-order valence-corrected chi connectivity index (χ0v) is 15.2. The van der Waals surface area contributed by atoms with Crippen LogP contribution in [0.15, 0.2) is 48.7 Å². The van der Waals surface area contributed by atoms with E-state index in [0.29, 0.717) is 27.6 Å². The molecule has 6 heteroatoms. The van der Waals surface area contributed by atoms with E-state index in [1.54, 1.807) is 13.2 Å². The highest BCUT2D eigenvalue weighted by atomic mass is 35.5. The zero-order valence-electron chi connectivity index (χ0n) is 13.0. The molecular formula is C18H15Cl3N2O. The molecule has 24 heavy (non-hydrogen) atoms. The van der Waals surface area contributed by atoms with E-state index in [2.05, 4.69) is 4.98 Å². The first-order valence-corrected chi connectivity index (χ1v) is 8.51. The van der Waals surface area contributed by atoms with Crippen LogP contribution in [0.3, 0.4) is 0 Å². The fraction of sp³-hybridized carbons (Fsp3) is 0.167. The molecule has 1 aromatic heterocycles. The van der Waals surface area contributed by atoms with Gasteiger partial charge in [0.05, 0.1) is 12.8 Å². The van der Waals surface area contributed by atoms with E-state index in [9.17, 15) is 0 Å². The minimum Gasteiger partial charge on any atom is -0.468 e. The Bertz CT molecular complexity index is 844. The van der Waals surface area contributed by atoms with Crippen molar-refractivity contribution in [2.24, 2.45) is 0 Å². The number of rotatable bonds is 5. The molecule has 0 N–H and O–H groups in total. The first kappa shape index (κ1) is 17.2. The van der Waals surface area contributed by atoms with Crippen LogP contribution >= 0.6 is 34.8 Å². The second-order valence-electron chi connectivity index (χ2n) is 5.30. The van der Waals surface area contributed by atoms with Crippen LogP contribution in [-0.2, 0) is 13.0 Å². The maximum Gasteiger partial charge on any atom is 0.296 e. The number of aromatic nitrogens is 2. The third-order valence-corrected chi connectivity index (χ3v) is 4.54. The summed E-state index contributed by atoms with van der Waals surface area (Å²) in [6, 6.07) is 13.6. The Morgan fingerprint density at radius 3 is 2.38 bits per heavy atom. The molecule has 0 aliphatic heterocycles. The molecule has 0 fully saturated rings. The van der Waals surface area contributed by atoms with Crippen molar-refractivity contribution in [2.75, 3.05) is 7.11 Å². The molecule has 0 saturated heterocycles. The number of halogens is 3. The predicted molar refractivity (Wildman–Crippen MR) is 99.4 cm³/mol. The van der Waals surface area contributed by atoms with Gasteiger partial charge in [0.25, 0.3) is 6.01 Å².